The molecule has 2 atom stereocenters. The second kappa shape index (κ2) is 6.11. The highest BCUT2D eigenvalue weighted by Gasteiger charge is 2.74. The fourth-order valence-electron chi connectivity index (χ4n) is 5.91. The van der Waals surface area contributed by atoms with E-state index in [1.54, 1.807) is 48.5 Å². The highest BCUT2D eigenvalue weighted by Crippen LogP contribution is 2.64. The van der Waals surface area contributed by atoms with E-state index >= 15 is 0 Å². The first-order valence-electron chi connectivity index (χ1n) is 9.95. The summed E-state index contributed by atoms with van der Waals surface area (Å²) in [6.45, 7) is 0. The average molecular weight is 475 g/mol. The van der Waals surface area contributed by atoms with Crippen LogP contribution in [0, 0.1) is 22.0 Å². The second-order valence-electron chi connectivity index (χ2n) is 8.14. The first kappa shape index (κ1) is 18.4. The van der Waals surface area contributed by atoms with Gasteiger partial charge >= 0.3 is 0 Å². The predicted molar refractivity (Wildman–Crippen MR) is 116 cm³/mol. The van der Waals surface area contributed by atoms with Gasteiger partial charge in [-0.3, -0.25) is 19.7 Å². The molecule has 4 aliphatic rings. The van der Waals surface area contributed by atoms with Crippen LogP contribution in [-0.2, 0) is 15.1 Å². The molecule has 0 saturated carbocycles. The molecule has 31 heavy (non-hydrogen) atoms. The summed E-state index contributed by atoms with van der Waals surface area (Å²) in [5, 5.41) is 12.9. The molecule has 3 aromatic rings. The average Bonchev–Trinajstić information content (AvgIpc) is 3.05. The van der Waals surface area contributed by atoms with Gasteiger partial charge in [-0.2, -0.15) is 0 Å². The van der Waals surface area contributed by atoms with Crippen LogP contribution in [0.15, 0.2) is 77.3 Å². The van der Waals surface area contributed by atoms with Crippen molar-refractivity contribution in [3.05, 3.63) is 110 Å². The van der Waals surface area contributed by atoms with E-state index in [1.807, 2.05) is 24.3 Å². The number of hydrogen-bond acceptors (Lipinski definition) is 4. The molecule has 0 aromatic heterocycles. The number of nitro groups is 1. The zero-order valence-corrected chi connectivity index (χ0v) is 17.7. The van der Waals surface area contributed by atoms with Crippen LogP contribution in [0.3, 0.4) is 0 Å². The summed E-state index contributed by atoms with van der Waals surface area (Å²) in [7, 11) is 0. The van der Waals surface area contributed by atoms with Gasteiger partial charge in [0.1, 0.15) is 5.92 Å². The Bertz CT molecular complexity index is 1270. The van der Waals surface area contributed by atoms with E-state index in [1.165, 1.54) is 0 Å². The SMILES string of the molecule is O=C1[C@@H]2C3c4ccccc4C([N+](=O)[O-])(c4ccccc43)[C@H]2C(=O)N1c1ccccc1Br. The van der Waals surface area contributed by atoms with E-state index < -0.39 is 29.2 Å². The summed E-state index contributed by atoms with van der Waals surface area (Å²) < 4.78 is 0.591. The Balaban J connectivity index is 1.69. The molecule has 7 rings (SSSR count). The lowest BCUT2D eigenvalue weighted by molar-refractivity contribution is -0.578. The van der Waals surface area contributed by atoms with Crippen molar-refractivity contribution in [2.45, 2.75) is 11.5 Å². The molecule has 3 aromatic carbocycles. The van der Waals surface area contributed by atoms with Crippen molar-refractivity contribution in [1.29, 1.82) is 0 Å². The molecule has 152 valence electrons. The van der Waals surface area contributed by atoms with Crippen molar-refractivity contribution in [3.63, 3.8) is 0 Å². The van der Waals surface area contributed by atoms with Crippen molar-refractivity contribution >= 4 is 33.4 Å². The Morgan fingerprint density at radius 1 is 0.839 bits per heavy atom. The van der Waals surface area contributed by atoms with Crippen LogP contribution >= 0.6 is 15.9 Å². The van der Waals surface area contributed by atoms with Crippen molar-refractivity contribution in [1.82, 2.24) is 0 Å². The van der Waals surface area contributed by atoms with Crippen LogP contribution in [0.5, 0.6) is 0 Å². The molecule has 6 nitrogen and oxygen atoms in total. The zero-order chi connectivity index (χ0) is 21.5. The monoisotopic (exact) mass is 474 g/mol. The van der Waals surface area contributed by atoms with Crippen molar-refractivity contribution < 1.29 is 14.5 Å². The predicted octanol–water partition coefficient (Wildman–Crippen LogP) is 4.23. The molecule has 1 aliphatic heterocycles. The van der Waals surface area contributed by atoms with Gasteiger partial charge in [-0.25, -0.2) is 4.90 Å². The Morgan fingerprint density at radius 2 is 1.39 bits per heavy atom. The maximum Gasteiger partial charge on any atom is 0.285 e. The Labute approximate surface area is 185 Å². The summed E-state index contributed by atoms with van der Waals surface area (Å²) in [5.74, 6) is -3.23. The maximum atomic E-state index is 13.8. The number of imide groups is 1. The van der Waals surface area contributed by atoms with Gasteiger partial charge in [0, 0.05) is 26.4 Å². The zero-order valence-electron chi connectivity index (χ0n) is 16.1. The van der Waals surface area contributed by atoms with Gasteiger partial charge in [0.05, 0.1) is 11.6 Å². The van der Waals surface area contributed by atoms with Gasteiger partial charge in [0.25, 0.3) is 5.54 Å². The van der Waals surface area contributed by atoms with Gasteiger partial charge in [-0.05, 0) is 39.2 Å². The highest BCUT2D eigenvalue weighted by atomic mass is 79.9. The number of anilines is 1. The van der Waals surface area contributed by atoms with Crippen LogP contribution in [0.25, 0.3) is 0 Å². The number of para-hydroxylation sites is 1. The smallest absolute Gasteiger partial charge is 0.274 e. The number of carbonyl (C=O) groups is 2. The molecule has 7 heteroatoms. The van der Waals surface area contributed by atoms with E-state index in [2.05, 4.69) is 15.9 Å². The van der Waals surface area contributed by atoms with Crippen molar-refractivity contribution in [3.8, 4) is 0 Å². The number of benzene rings is 3. The third-order valence-corrected chi connectivity index (χ3v) is 7.63. The quantitative estimate of drug-likeness (QED) is 0.316. The molecule has 0 radical (unpaired) electrons. The summed E-state index contributed by atoms with van der Waals surface area (Å²) in [6.07, 6.45) is 0. The lowest BCUT2D eigenvalue weighted by Crippen LogP contribution is -2.57. The minimum Gasteiger partial charge on any atom is -0.274 e. The molecule has 0 N–H and O–H groups in total. The largest absolute Gasteiger partial charge is 0.285 e. The number of amides is 2. The molecule has 0 spiro atoms. The number of nitrogens with zero attached hydrogens (tertiary/aromatic N) is 2. The van der Waals surface area contributed by atoms with Crippen molar-refractivity contribution in [2.24, 2.45) is 11.8 Å². The molecule has 0 unspecified atom stereocenters. The van der Waals surface area contributed by atoms with Gasteiger partial charge in [0.15, 0.2) is 0 Å². The van der Waals surface area contributed by atoms with Crippen LogP contribution < -0.4 is 4.90 Å². The lowest BCUT2D eigenvalue weighted by atomic mass is 9.51. The van der Waals surface area contributed by atoms with Crippen LogP contribution in [0.2, 0.25) is 0 Å². The number of rotatable bonds is 2. The summed E-state index contributed by atoms with van der Waals surface area (Å²) in [5.41, 5.74) is 1.16. The van der Waals surface area contributed by atoms with E-state index in [-0.39, 0.29) is 10.8 Å². The van der Waals surface area contributed by atoms with Crippen LogP contribution in [-0.4, -0.2) is 16.7 Å². The molecular formula is C24H15BrN2O4. The molecular weight excluding hydrogens is 460 g/mol. The van der Waals surface area contributed by atoms with E-state index in [9.17, 15) is 19.7 Å². The molecule has 1 fully saturated rings. The van der Waals surface area contributed by atoms with Gasteiger partial charge in [0.2, 0.25) is 11.8 Å². The van der Waals surface area contributed by atoms with E-state index in [0.29, 0.717) is 21.3 Å². The first-order chi connectivity index (χ1) is 15.0. The fourth-order valence-corrected chi connectivity index (χ4v) is 6.37. The maximum absolute atomic E-state index is 13.8. The Hall–Kier alpha value is -3.32. The third kappa shape index (κ3) is 2.02. The topological polar surface area (TPSA) is 80.5 Å². The Morgan fingerprint density at radius 3 is 1.97 bits per heavy atom. The summed E-state index contributed by atoms with van der Waals surface area (Å²) in [4.78, 5) is 41.2. The normalized spacial score (nSPS) is 27.6. The second-order valence-corrected chi connectivity index (χ2v) is 9.00. The summed E-state index contributed by atoms with van der Waals surface area (Å²) in [6, 6.07) is 21.3. The van der Waals surface area contributed by atoms with Gasteiger partial charge in [-0.1, -0.05) is 60.7 Å². The van der Waals surface area contributed by atoms with E-state index in [0.717, 1.165) is 16.0 Å². The molecule has 1 saturated heterocycles. The number of carbonyl (C=O) groups excluding carboxylic acids is 2. The number of hydrogen-bond donors (Lipinski definition) is 0. The minimum atomic E-state index is -1.80. The molecule has 2 bridgehead atoms. The van der Waals surface area contributed by atoms with Crippen LogP contribution in [0.1, 0.15) is 28.2 Å². The lowest BCUT2D eigenvalue weighted by Gasteiger charge is -2.48. The molecule has 2 amide bonds. The molecule has 1 heterocycles. The highest BCUT2D eigenvalue weighted by molar-refractivity contribution is 9.10. The van der Waals surface area contributed by atoms with Gasteiger partial charge in [-0.15, -0.1) is 0 Å². The Kier molecular flexibility index (Phi) is 3.63. The fraction of sp³-hybridized carbons (Fsp3) is 0.167. The standard InChI is InChI=1S/C24H15BrN2O4/c25-17-11-5-6-12-18(17)26-22(28)20-19-13-7-1-3-9-15(13)24(27(30)31,21(20)23(26)29)16-10-4-2-8-14(16)19/h1-12,19-21H/t19?,20-,21-,24?/m1/s1. The van der Waals surface area contributed by atoms with Crippen LogP contribution in [0.4, 0.5) is 5.69 Å². The first-order valence-corrected chi connectivity index (χ1v) is 10.7. The van der Waals surface area contributed by atoms with Gasteiger partial charge < -0.3 is 0 Å². The summed E-state index contributed by atoms with van der Waals surface area (Å²) >= 11 is 3.43. The number of halogens is 1. The van der Waals surface area contributed by atoms with E-state index in [4.69, 9.17) is 0 Å². The third-order valence-electron chi connectivity index (χ3n) is 6.95. The molecule has 3 aliphatic carbocycles. The van der Waals surface area contributed by atoms with Crippen molar-refractivity contribution in [2.75, 3.05) is 4.90 Å². The minimum absolute atomic E-state index is 0.355.